The highest BCUT2D eigenvalue weighted by atomic mass is 35.5. The number of halogens is 1. The average molecular weight is 291 g/mol. The van der Waals surface area contributed by atoms with Crippen molar-refractivity contribution in [3.8, 4) is 11.4 Å². The van der Waals surface area contributed by atoms with Crippen LogP contribution in [0.25, 0.3) is 16.7 Å². The molecule has 1 aromatic carbocycles. The van der Waals surface area contributed by atoms with Crippen molar-refractivity contribution in [1.82, 2.24) is 14.5 Å². The predicted molar refractivity (Wildman–Crippen MR) is 75.9 cm³/mol. The van der Waals surface area contributed by atoms with Crippen LogP contribution >= 0.6 is 11.6 Å². The fraction of sp³-hybridized carbons (Fsp3) is 0.0769. The lowest BCUT2D eigenvalue weighted by Crippen LogP contribution is -1.98. The number of nitrogen functional groups attached to an aromatic ring is 1. The van der Waals surface area contributed by atoms with E-state index in [1.807, 2.05) is 0 Å². The summed E-state index contributed by atoms with van der Waals surface area (Å²) in [6, 6.07) is 4.77. The number of hydrogen-bond acceptors (Lipinski definition) is 5. The molecule has 0 radical (unpaired) electrons. The minimum absolute atomic E-state index is 0.0477. The fourth-order valence-corrected chi connectivity index (χ4v) is 2.40. The van der Waals surface area contributed by atoms with Gasteiger partial charge in [-0.3, -0.25) is 4.57 Å². The predicted octanol–water partition coefficient (Wildman–Crippen LogP) is 1.85. The van der Waals surface area contributed by atoms with Gasteiger partial charge in [0, 0.05) is 12.3 Å². The molecule has 0 fully saturated rings. The summed E-state index contributed by atoms with van der Waals surface area (Å²) < 4.78 is 1.69. The van der Waals surface area contributed by atoms with Gasteiger partial charge in [-0.05, 0) is 17.7 Å². The Labute approximate surface area is 119 Å². The number of aliphatic hydroxyl groups is 1. The van der Waals surface area contributed by atoms with Gasteiger partial charge in [0.1, 0.15) is 17.9 Å². The zero-order valence-electron chi connectivity index (χ0n) is 10.3. The Kier molecular flexibility index (Phi) is 2.96. The summed E-state index contributed by atoms with van der Waals surface area (Å²) in [6.45, 7) is -0.175. The Bertz CT molecular complexity index is 800. The molecule has 4 N–H and O–H groups in total. The van der Waals surface area contributed by atoms with Gasteiger partial charge in [-0.25, -0.2) is 9.97 Å². The monoisotopic (exact) mass is 290 g/mol. The van der Waals surface area contributed by atoms with E-state index in [2.05, 4.69) is 9.97 Å². The Balaban J connectivity index is 2.30. The van der Waals surface area contributed by atoms with Gasteiger partial charge in [0.15, 0.2) is 5.65 Å². The summed E-state index contributed by atoms with van der Waals surface area (Å²) in [5.41, 5.74) is 7.55. The third-order valence-corrected chi connectivity index (χ3v) is 3.28. The van der Waals surface area contributed by atoms with E-state index in [0.29, 0.717) is 33.1 Å². The lowest BCUT2D eigenvalue weighted by Gasteiger charge is -2.07. The van der Waals surface area contributed by atoms with Crippen molar-refractivity contribution < 1.29 is 10.2 Å². The molecule has 0 bridgehead atoms. The molecule has 0 atom stereocenters. The van der Waals surface area contributed by atoms with E-state index in [1.54, 1.807) is 22.9 Å². The molecule has 0 spiro atoms. The molecule has 0 aliphatic heterocycles. The SMILES string of the molecule is Nc1ncnc2c1c(Cl)cn2-c1cc(O)cc(CO)c1. The number of hydrogen-bond donors (Lipinski definition) is 3. The highest BCUT2D eigenvalue weighted by molar-refractivity contribution is 6.36. The summed E-state index contributed by atoms with van der Waals surface area (Å²) in [6.07, 6.45) is 2.99. The van der Waals surface area contributed by atoms with Crippen LogP contribution in [-0.2, 0) is 6.61 Å². The van der Waals surface area contributed by atoms with E-state index < -0.39 is 0 Å². The molecule has 0 saturated heterocycles. The van der Waals surface area contributed by atoms with Gasteiger partial charge in [0.2, 0.25) is 0 Å². The average Bonchev–Trinajstić information content (AvgIpc) is 2.77. The molecule has 2 heterocycles. The summed E-state index contributed by atoms with van der Waals surface area (Å²) in [5, 5.41) is 19.9. The minimum atomic E-state index is -0.175. The van der Waals surface area contributed by atoms with Crippen LogP contribution in [0, 0.1) is 0 Å². The van der Waals surface area contributed by atoms with E-state index >= 15 is 0 Å². The molecular weight excluding hydrogens is 280 g/mol. The van der Waals surface area contributed by atoms with Crippen molar-refractivity contribution in [1.29, 1.82) is 0 Å². The van der Waals surface area contributed by atoms with Crippen molar-refractivity contribution >= 4 is 28.5 Å². The van der Waals surface area contributed by atoms with Crippen LogP contribution in [0.15, 0.2) is 30.7 Å². The van der Waals surface area contributed by atoms with Gasteiger partial charge in [0.25, 0.3) is 0 Å². The Hall–Kier alpha value is -2.31. The first kappa shape index (κ1) is 12.7. The molecule has 0 aliphatic carbocycles. The largest absolute Gasteiger partial charge is 0.508 e. The third kappa shape index (κ3) is 1.95. The molecule has 20 heavy (non-hydrogen) atoms. The number of aromatic nitrogens is 3. The molecular formula is C13H11ClN4O2. The highest BCUT2D eigenvalue weighted by Crippen LogP contribution is 2.31. The lowest BCUT2D eigenvalue weighted by molar-refractivity contribution is 0.281. The third-order valence-electron chi connectivity index (χ3n) is 2.99. The number of nitrogens with two attached hydrogens (primary N) is 1. The molecule has 3 aromatic rings. The molecule has 0 aliphatic rings. The molecule has 0 unspecified atom stereocenters. The fourth-order valence-electron chi connectivity index (χ4n) is 2.12. The van der Waals surface area contributed by atoms with Crippen LogP contribution in [0.2, 0.25) is 5.02 Å². The van der Waals surface area contributed by atoms with Crippen LogP contribution in [0.4, 0.5) is 5.82 Å². The van der Waals surface area contributed by atoms with E-state index in [1.165, 1.54) is 12.4 Å². The number of rotatable bonds is 2. The summed E-state index contributed by atoms with van der Waals surface area (Å²) >= 11 is 6.15. The number of nitrogens with zero attached hydrogens (tertiary/aromatic N) is 3. The first-order valence-electron chi connectivity index (χ1n) is 5.81. The smallest absolute Gasteiger partial charge is 0.151 e. The lowest BCUT2D eigenvalue weighted by atomic mass is 10.2. The number of benzene rings is 1. The van der Waals surface area contributed by atoms with E-state index in [9.17, 15) is 10.2 Å². The van der Waals surface area contributed by atoms with Crippen molar-refractivity contribution in [3.05, 3.63) is 41.3 Å². The molecule has 2 aromatic heterocycles. The maximum Gasteiger partial charge on any atom is 0.151 e. The van der Waals surface area contributed by atoms with E-state index in [-0.39, 0.29) is 12.4 Å². The Morgan fingerprint density at radius 2 is 2.05 bits per heavy atom. The molecule has 3 rings (SSSR count). The van der Waals surface area contributed by atoms with Crippen molar-refractivity contribution in [2.45, 2.75) is 6.61 Å². The van der Waals surface area contributed by atoms with E-state index in [0.717, 1.165) is 0 Å². The van der Waals surface area contributed by atoms with Crippen molar-refractivity contribution in [3.63, 3.8) is 0 Å². The van der Waals surface area contributed by atoms with Gasteiger partial charge in [-0.15, -0.1) is 0 Å². The van der Waals surface area contributed by atoms with Crippen LogP contribution in [-0.4, -0.2) is 24.7 Å². The van der Waals surface area contributed by atoms with Gasteiger partial charge in [0.05, 0.1) is 22.7 Å². The number of anilines is 1. The van der Waals surface area contributed by atoms with Crippen molar-refractivity contribution in [2.24, 2.45) is 0 Å². The number of phenols is 1. The second-order valence-corrected chi connectivity index (χ2v) is 4.73. The molecule has 6 nitrogen and oxygen atoms in total. The van der Waals surface area contributed by atoms with Gasteiger partial charge < -0.3 is 15.9 Å². The zero-order chi connectivity index (χ0) is 14.3. The number of aromatic hydroxyl groups is 1. The van der Waals surface area contributed by atoms with Crippen LogP contribution in [0.5, 0.6) is 5.75 Å². The number of phenolic OH excluding ortho intramolecular Hbond substituents is 1. The topological polar surface area (TPSA) is 97.2 Å². The second kappa shape index (κ2) is 4.66. The Morgan fingerprint density at radius 1 is 1.25 bits per heavy atom. The zero-order valence-corrected chi connectivity index (χ0v) is 11.0. The van der Waals surface area contributed by atoms with Gasteiger partial charge in [-0.1, -0.05) is 11.6 Å². The first-order chi connectivity index (χ1) is 9.60. The maximum atomic E-state index is 9.70. The maximum absolute atomic E-state index is 9.70. The molecule has 0 saturated carbocycles. The van der Waals surface area contributed by atoms with E-state index in [4.69, 9.17) is 17.3 Å². The summed E-state index contributed by atoms with van der Waals surface area (Å²) in [4.78, 5) is 8.07. The quantitative estimate of drug-likeness (QED) is 0.669. The van der Waals surface area contributed by atoms with Crippen LogP contribution < -0.4 is 5.73 Å². The standard InChI is InChI=1S/C13H11ClN4O2/c14-10-4-18(13-11(10)12(15)16-6-17-13)8-1-7(5-19)2-9(20)3-8/h1-4,6,19-20H,5H2,(H2,15,16,17). The normalized spacial score (nSPS) is 11.1. The molecule has 102 valence electrons. The van der Waals surface area contributed by atoms with Gasteiger partial charge >= 0.3 is 0 Å². The number of aliphatic hydroxyl groups excluding tert-OH is 1. The van der Waals surface area contributed by atoms with Crippen molar-refractivity contribution in [2.75, 3.05) is 5.73 Å². The summed E-state index contributed by atoms with van der Waals surface area (Å²) in [5.74, 6) is 0.341. The van der Waals surface area contributed by atoms with Crippen LogP contribution in [0.3, 0.4) is 0 Å². The van der Waals surface area contributed by atoms with Crippen LogP contribution in [0.1, 0.15) is 5.56 Å². The second-order valence-electron chi connectivity index (χ2n) is 4.32. The Morgan fingerprint density at radius 3 is 2.80 bits per heavy atom. The minimum Gasteiger partial charge on any atom is -0.508 e. The molecule has 0 amide bonds. The first-order valence-corrected chi connectivity index (χ1v) is 6.19. The summed E-state index contributed by atoms with van der Waals surface area (Å²) in [7, 11) is 0. The highest BCUT2D eigenvalue weighted by Gasteiger charge is 2.13. The molecule has 7 heteroatoms. The van der Waals surface area contributed by atoms with Gasteiger partial charge in [-0.2, -0.15) is 0 Å². The number of fused-ring (bicyclic) bond motifs is 1.